The molecule has 2 unspecified atom stereocenters. The first-order chi connectivity index (χ1) is 8.39. The van der Waals surface area contributed by atoms with Crippen LogP contribution >= 0.6 is 0 Å². The van der Waals surface area contributed by atoms with E-state index in [9.17, 15) is 13.2 Å². The Morgan fingerprint density at radius 2 is 2.17 bits per heavy atom. The molecule has 1 N–H and O–H groups in total. The van der Waals surface area contributed by atoms with Crippen molar-refractivity contribution in [1.82, 2.24) is 10.2 Å². The Labute approximate surface area is 109 Å². The number of hydrogen-bond donors (Lipinski definition) is 1. The highest BCUT2D eigenvalue weighted by Crippen LogP contribution is 2.22. The van der Waals surface area contributed by atoms with Gasteiger partial charge in [0.05, 0.1) is 24.2 Å². The largest absolute Gasteiger partial charge is 0.325 e. The summed E-state index contributed by atoms with van der Waals surface area (Å²) < 4.78 is 23.3. The lowest BCUT2D eigenvalue weighted by Crippen LogP contribution is -2.45. The molecule has 18 heavy (non-hydrogen) atoms. The van der Waals surface area contributed by atoms with Gasteiger partial charge in [-0.05, 0) is 25.2 Å². The fourth-order valence-corrected chi connectivity index (χ4v) is 4.49. The highest BCUT2D eigenvalue weighted by molar-refractivity contribution is 7.91. The molecule has 2 fully saturated rings. The van der Waals surface area contributed by atoms with Crippen LogP contribution in [0.2, 0.25) is 0 Å². The molecule has 2 rings (SSSR count). The van der Waals surface area contributed by atoms with Gasteiger partial charge in [0.2, 0.25) is 5.91 Å². The van der Waals surface area contributed by atoms with Crippen molar-refractivity contribution in [2.24, 2.45) is 5.92 Å². The van der Waals surface area contributed by atoms with Crippen molar-refractivity contribution in [2.45, 2.75) is 45.2 Å². The van der Waals surface area contributed by atoms with Gasteiger partial charge in [-0.3, -0.25) is 10.1 Å². The fourth-order valence-electron chi connectivity index (χ4n) is 2.78. The molecule has 0 radical (unpaired) electrons. The van der Waals surface area contributed by atoms with E-state index in [0.717, 1.165) is 12.8 Å². The lowest BCUT2D eigenvalue weighted by Gasteiger charge is -2.30. The zero-order valence-corrected chi connectivity index (χ0v) is 11.9. The van der Waals surface area contributed by atoms with Gasteiger partial charge in [-0.25, -0.2) is 8.42 Å². The number of hydrogen-bond acceptors (Lipinski definition) is 4. The van der Waals surface area contributed by atoms with Crippen LogP contribution in [0.5, 0.6) is 0 Å². The van der Waals surface area contributed by atoms with E-state index < -0.39 is 9.84 Å². The van der Waals surface area contributed by atoms with E-state index in [1.165, 1.54) is 0 Å². The predicted molar refractivity (Wildman–Crippen MR) is 69.8 cm³/mol. The molecule has 1 amide bonds. The lowest BCUT2D eigenvalue weighted by molar-refractivity contribution is -0.130. The van der Waals surface area contributed by atoms with Crippen LogP contribution in [-0.2, 0) is 14.6 Å². The number of nitrogens with zero attached hydrogens (tertiary/aromatic N) is 1. The molecule has 5 nitrogen and oxygen atoms in total. The van der Waals surface area contributed by atoms with Crippen molar-refractivity contribution in [3.63, 3.8) is 0 Å². The number of carbonyl (C=O) groups excluding carboxylic acids is 1. The molecular formula is C12H22N2O3S. The molecule has 6 heteroatoms. The van der Waals surface area contributed by atoms with E-state index in [-0.39, 0.29) is 29.5 Å². The van der Waals surface area contributed by atoms with Crippen LogP contribution in [0.15, 0.2) is 0 Å². The summed E-state index contributed by atoms with van der Waals surface area (Å²) in [7, 11) is -2.95. The van der Waals surface area contributed by atoms with E-state index in [1.807, 2.05) is 0 Å². The van der Waals surface area contributed by atoms with Gasteiger partial charge >= 0.3 is 0 Å². The van der Waals surface area contributed by atoms with Gasteiger partial charge in [-0.15, -0.1) is 0 Å². The van der Waals surface area contributed by atoms with E-state index in [1.54, 1.807) is 4.90 Å². The SMILES string of the molecule is CC(C)CC1NCN(C2CCCS(=O)(=O)C2)C1=O. The van der Waals surface area contributed by atoms with Gasteiger partial charge in [-0.2, -0.15) is 0 Å². The maximum atomic E-state index is 12.2. The third-order valence-corrected chi connectivity index (χ3v) is 5.48. The third kappa shape index (κ3) is 3.03. The highest BCUT2D eigenvalue weighted by Gasteiger charge is 2.38. The maximum Gasteiger partial charge on any atom is 0.241 e. The minimum Gasteiger partial charge on any atom is -0.325 e. The van der Waals surface area contributed by atoms with Crippen molar-refractivity contribution in [3.05, 3.63) is 0 Å². The van der Waals surface area contributed by atoms with E-state index in [2.05, 4.69) is 19.2 Å². The Morgan fingerprint density at radius 3 is 2.78 bits per heavy atom. The second kappa shape index (κ2) is 5.17. The molecule has 0 aromatic heterocycles. The van der Waals surface area contributed by atoms with Gasteiger partial charge in [-0.1, -0.05) is 13.8 Å². The molecule has 0 saturated carbocycles. The zero-order valence-electron chi connectivity index (χ0n) is 11.1. The van der Waals surface area contributed by atoms with Crippen molar-refractivity contribution in [1.29, 1.82) is 0 Å². The minimum atomic E-state index is -2.95. The first-order valence-corrected chi connectivity index (χ1v) is 8.45. The van der Waals surface area contributed by atoms with Gasteiger partial charge in [0.15, 0.2) is 9.84 Å². The predicted octanol–water partition coefficient (Wildman–Crippen LogP) is 0.368. The summed E-state index contributed by atoms with van der Waals surface area (Å²) in [5.74, 6) is 0.940. The Balaban J connectivity index is 2.00. The summed E-state index contributed by atoms with van der Waals surface area (Å²) in [5.41, 5.74) is 0. The van der Waals surface area contributed by atoms with Crippen LogP contribution in [0.3, 0.4) is 0 Å². The molecule has 0 bridgehead atoms. The monoisotopic (exact) mass is 274 g/mol. The van der Waals surface area contributed by atoms with Crippen LogP contribution in [0, 0.1) is 5.92 Å². The Kier molecular flexibility index (Phi) is 3.96. The molecule has 2 atom stereocenters. The Bertz CT molecular complexity index is 419. The number of sulfone groups is 1. The number of rotatable bonds is 3. The van der Waals surface area contributed by atoms with Gasteiger partial charge in [0.25, 0.3) is 0 Å². The zero-order chi connectivity index (χ0) is 13.3. The normalized spacial score (nSPS) is 32.2. The number of carbonyl (C=O) groups is 1. The van der Waals surface area contributed by atoms with Gasteiger partial charge in [0.1, 0.15) is 0 Å². The topological polar surface area (TPSA) is 66.5 Å². The fraction of sp³-hybridized carbons (Fsp3) is 0.917. The average molecular weight is 274 g/mol. The third-order valence-electron chi connectivity index (χ3n) is 3.68. The molecule has 2 aliphatic heterocycles. The van der Waals surface area contributed by atoms with Crippen LogP contribution < -0.4 is 5.32 Å². The van der Waals surface area contributed by atoms with E-state index in [4.69, 9.17) is 0 Å². The first kappa shape index (κ1) is 13.8. The summed E-state index contributed by atoms with van der Waals surface area (Å²) in [6.07, 6.45) is 2.29. The molecule has 0 spiro atoms. The molecule has 0 aromatic rings. The molecule has 2 heterocycles. The summed E-state index contributed by atoms with van der Waals surface area (Å²) in [5, 5.41) is 3.19. The molecule has 104 valence electrons. The maximum absolute atomic E-state index is 12.2. The second-order valence-electron chi connectivity index (χ2n) is 5.76. The quantitative estimate of drug-likeness (QED) is 0.807. The Morgan fingerprint density at radius 1 is 1.44 bits per heavy atom. The van der Waals surface area contributed by atoms with Crippen LogP contribution in [0.4, 0.5) is 0 Å². The van der Waals surface area contributed by atoms with Crippen molar-refractivity contribution in [2.75, 3.05) is 18.2 Å². The Hall–Kier alpha value is -0.620. The number of amides is 1. The smallest absolute Gasteiger partial charge is 0.241 e. The van der Waals surface area contributed by atoms with Crippen molar-refractivity contribution >= 4 is 15.7 Å². The first-order valence-electron chi connectivity index (χ1n) is 6.63. The highest BCUT2D eigenvalue weighted by atomic mass is 32.2. The molecular weight excluding hydrogens is 252 g/mol. The minimum absolute atomic E-state index is 0.0748. The van der Waals surface area contributed by atoms with E-state index in [0.29, 0.717) is 19.0 Å². The summed E-state index contributed by atoms with van der Waals surface area (Å²) in [6, 6.07) is -0.254. The lowest BCUT2D eigenvalue weighted by atomic mass is 10.0. The average Bonchev–Trinajstić information content (AvgIpc) is 2.58. The van der Waals surface area contributed by atoms with Crippen LogP contribution in [0.25, 0.3) is 0 Å². The van der Waals surface area contributed by atoms with Crippen LogP contribution in [-0.4, -0.2) is 49.5 Å². The summed E-state index contributed by atoms with van der Waals surface area (Å²) in [4.78, 5) is 13.9. The molecule has 2 aliphatic rings. The molecule has 0 aliphatic carbocycles. The van der Waals surface area contributed by atoms with Crippen LogP contribution in [0.1, 0.15) is 33.1 Å². The summed E-state index contributed by atoms with van der Waals surface area (Å²) >= 11 is 0. The van der Waals surface area contributed by atoms with E-state index >= 15 is 0 Å². The second-order valence-corrected chi connectivity index (χ2v) is 7.99. The molecule has 0 aromatic carbocycles. The van der Waals surface area contributed by atoms with Crippen molar-refractivity contribution < 1.29 is 13.2 Å². The van der Waals surface area contributed by atoms with Gasteiger partial charge in [0, 0.05) is 6.04 Å². The van der Waals surface area contributed by atoms with Gasteiger partial charge < -0.3 is 4.90 Å². The molecule has 2 saturated heterocycles. The number of nitrogens with one attached hydrogen (secondary N) is 1. The summed E-state index contributed by atoms with van der Waals surface area (Å²) in [6.45, 7) is 4.67. The standard InChI is InChI=1S/C12H22N2O3S/c1-9(2)6-11-12(15)14(8-13-11)10-4-3-5-18(16,17)7-10/h9-11,13H,3-8H2,1-2H3. The van der Waals surface area contributed by atoms with Crippen molar-refractivity contribution in [3.8, 4) is 0 Å².